The summed E-state index contributed by atoms with van der Waals surface area (Å²) in [5.41, 5.74) is -1.31. The number of rotatable bonds is 8. The van der Waals surface area contributed by atoms with Gasteiger partial charge in [-0.2, -0.15) is 0 Å². The number of carbonyl (C=O) groups excluding carboxylic acids is 2. The molecule has 6 fully saturated rings. The highest BCUT2D eigenvalue weighted by Crippen LogP contribution is 2.68. The molecule has 0 amide bonds. The van der Waals surface area contributed by atoms with Crippen LogP contribution < -0.4 is 0 Å². The van der Waals surface area contributed by atoms with Gasteiger partial charge in [0.05, 0.1) is 32.3 Å². The standard InChI is InChI=1S/C38H63N4O5/c1-8-14-39-15-17-41(18-16-39)34-24-30-31(37(6)13-10-29(46-27(3)43)26-38(34,37)45)11-12-36(5)32(30)25-33(35(36)47-28(4)44)40-19-22-42(7,21-9-2)23-20-40/h8-9,29-35,45H,1-2,10-26H2,3-7H3/q+1/t29-,30+,31-,32-,33-,34+,35-,36-,37+,38-/m0/s1. The van der Waals surface area contributed by atoms with Gasteiger partial charge in [-0.25, -0.2) is 0 Å². The maximum absolute atomic E-state index is 13.1. The molecule has 4 aliphatic carbocycles. The molecule has 6 aliphatic rings. The van der Waals surface area contributed by atoms with Gasteiger partial charge in [0.1, 0.15) is 12.2 Å². The first-order chi connectivity index (χ1) is 22.3. The summed E-state index contributed by atoms with van der Waals surface area (Å²) < 4.78 is 13.2. The van der Waals surface area contributed by atoms with Crippen LogP contribution >= 0.6 is 0 Å². The van der Waals surface area contributed by atoms with Gasteiger partial charge in [0, 0.05) is 89.0 Å². The van der Waals surface area contributed by atoms with Crippen molar-refractivity contribution < 1.29 is 28.7 Å². The van der Waals surface area contributed by atoms with Crippen molar-refractivity contribution >= 4 is 11.9 Å². The molecule has 9 nitrogen and oxygen atoms in total. The van der Waals surface area contributed by atoms with Gasteiger partial charge in [-0.3, -0.25) is 24.3 Å². The van der Waals surface area contributed by atoms with Crippen molar-refractivity contribution in [1.82, 2.24) is 14.7 Å². The second kappa shape index (κ2) is 13.2. The predicted molar refractivity (Wildman–Crippen MR) is 183 cm³/mol. The Bertz CT molecular complexity index is 1200. The third-order valence-electron chi connectivity index (χ3n) is 14.5. The Labute approximate surface area is 283 Å². The largest absolute Gasteiger partial charge is 0.462 e. The van der Waals surface area contributed by atoms with E-state index >= 15 is 0 Å². The van der Waals surface area contributed by atoms with Crippen LogP contribution in [-0.2, 0) is 19.1 Å². The molecule has 2 aliphatic heterocycles. The average molecular weight is 656 g/mol. The van der Waals surface area contributed by atoms with Crippen molar-refractivity contribution in [1.29, 1.82) is 0 Å². The van der Waals surface area contributed by atoms with Crippen molar-refractivity contribution in [2.24, 2.45) is 28.6 Å². The Morgan fingerprint density at radius 2 is 1.57 bits per heavy atom. The second-order valence-corrected chi connectivity index (χ2v) is 17.0. The van der Waals surface area contributed by atoms with Gasteiger partial charge in [0.25, 0.3) is 0 Å². The molecule has 47 heavy (non-hydrogen) atoms. The fourth-order valence-corrected chi connectivity index (χ4v) is 12.0. The second-order valence-electron chi connectivity index (χ2n) is 17.0. The zero-order chi connectivity index (χ0) is 33.8. The Hall–Kier alpha value is -1.78. The molecule has 0 aromatic rings. The lowest BCUT2D eigenvalue weighted by molar-refractivity contribution is -0.908. The minimum absolute atomic E-state index is 0.00142. The van der Waals surface area contributed by atoms with Crippen LogP contribution in [-0.4, -0.2) is 139 Å². The van der Waals surface area contributed by atoms with Crippen molar-refractivity contribution in [3.8, 4) is 0 Å². The first-order valence-corrected chi connectivity index (χ1v) is 18.6. The smallest absolute Gasteiger partial charge is 0.302 e. The summed E-state index contributed by atoms with van der Waals surface area (Å²) >= 11 is 0. The number of aliphatic hydroxyl groups is 1. The van der Waals surface area contributed by atoms with E-state index in [-0.39, 0.29) is 47.1 Å². The van der Waals surface area contributed by atoms with Crippen LogP contribution in [0.1, 0.15) is 72.6 Å². The summed E-state index contributed by atoms with van der Waals surface area (Å²) in [6.07, 6.45) is 9.89. The van der Waals surface area contributed by atoms with Gasteiger partial charge < -0.3 is 19.1 Å². The van der Waals surface area contributed by atoms with Gasteiger partial charge >= 0.3 is 11.9 Å². The molecule has 0 bridgehead atoms. The quantitative estimate of drug-likeness (QED) is 0.241. The van der Waals surface area contributed by atoms with Crippen LogP contribution in [0.3, 0.4) is 0 Å². The minimum atomic E-state index is -0.936. The number of quaternary nitrogens is 1. The van der Waals surface area contributed by atoms with Crippen molar-refractivity contribution in [2.75, 3.05) is 72.5 Å². The van der Waals surface area contributed by atoms with Crippen LogP contribution in [0.25, 0.3) is 0 Å². The summed E-state index contributed by atoms with van der Waals surface area (Å²) in [5, 5.41) is 13.1. The maximum atomic E-state index is 13.1. The first-order valence-electron chi connectivity index (χ1n) is 18.6. The van der Waals surface area contributed by atoms with Crippen LogP contribution in [0.2, 0.25) is 0 Å². The van der Waals surface area contributed by atoms with Crippen LogP contribution in [0.5, 0.6) is 0 Å². The molecule has 4 saturated carbocycles. The van der Waals surface area contributed by atoms with Crippen LogP contribution in [0, 0.1) is 28.6 Å². The van der Waals surface area contributed by atoms with E-state index in [2.05, 4.69) is 48.8 Å². The number of carbonyl (C=O) groups is 2. The van der Waals surface area contributed by atoms with Gasteiger partial charge in [0.2, 0.25) is 0 Å². The van der Waals surface area contributed by atoms with E-state index in [1.807, 2.05) is 12.2 Å². The monoisotopic (exact) mass is 655 g/mol. The van der Waals surface area contributed by atoms with Crippen molar-refractivity contribution in [3.63, 3.8) is 0 Å². The lowest BCUT2D eigenvalue weighted by atomic mass is 9.42. The lowest BCUT2D eigenvalue weighted by Crippen LogP contribution is -2.73. The van der Waals surface area contributed by atoms with Crippen LogP contribution in [0.15, 0.2) is 25.3 Å². The third kappa shape index (κ3) is 6.15. The van der Waals surface area contributed by atoms with E-state index < -0.39 is 5.60 Å². The topological polar surface area (TPSA) is 82.5 Å². The summed E-state index contributed by atoms with van der Waals surface area (Å²) in [4.78, 5) is 32.5. The fraction of sp³-hybridized carbons (Fsp3) is 0.842. The first kappa shape index (κ1) is 35.1. The van der Waals surface area contributed by atoms with E-state index in [0.29, 0.717) is 24.2 Å². The van der Waals surface area contributed by atoms with E-state index in [1.165, 1.54) is 6.92 Å². The maximum Gasteiger partial charge on any atom is 0.302 e. The molecule has 0 aromatic carbocycles. The van der Waals surface area contributed by atoms with E-state index in [9.17, 15) is 14.7 Å². The minimum Gasteiger partial charge on any atom is -0.462 e. The zero-order valence-corrected chi connectivity index (χ0v) is 30.0. The summed E-state index contributed by atoms with van der Waals surface area (Å²) in [6.45, 7) is 25.7. The molecule has 0 spiro atoms. The van der Waals surface area contributed by atoms with Gasteiger partial charge in [-0.05, 0) is 62.4 Å². The van der Waals surface area contributed by atoms with Crippen molar-refractivity contribution in [2.45, 2.75) is 103 Å². The predicted octanol–water partition coefficient (Wildman–Crippen LogP) is 3.72. The average Bonchev–Trinajstić information content (AvgIpc) is 3.30. The van der Waals surface area contributed by atoms with Gasteiger partial charge in [-0.15, -0.1) is 6.58 Å². The molecule has 2 saturated heterocycles. The number of ether oxygens (including phenoxy) is 2. The number of hydrogen-bond donors (Lipinski definition) is 1. The molecule has 264 valence electrons. The Balaban J connectivity index is 1.32. The van der Waals surface area contributed by atoms with Gasteiger partial charge in [-0.1, -0.05) is 26.5 Å². The molecule has 0 unspecified atom stereocenters. The summed E-state index contributed by atoms with van der Waals surface area (Å²) in [6, 6.07) is 0.220. The van der Waals surface area contributed by atoms with Gasteiger partial charge in [0.15, 0.2) is 0 Å². The molecular weight excluding hydrogens is 592 g/mol. The van der Waals surface area contributed by atoms with Crippen molar-refractivity contribution in [3.05, 3.63) is 25.3 Å². The normalized spacial score (nSPS) is 44.0. The number of fused-ring (bicyclic) bond motifs is 5. The fourth-order valence-electron chi connectivity index (χ4n) is 12.0. The molecule has 2 heterocycles. The Morgan fingerprint density at radius 3 is 2.19 bits per heavy atom. The molecule has 9 heteroatoms. The Kier molecular flexibility index (Phi) is 9.82. The number of esters is 2. The highest BCUT2D eigenvalue weighted by atomic mass is 16.5. The molecule has 6 rings (SSSR count). The lowest BCUT2D eigenvalue weighted by Gasteiger charge is -2.67. The number of nitrogens with zero attached hydrogens (tertiary/aromatic N) is 4. The number of hydrogen-bond acceptors (Lipinski definition) is 8. The van der Waals surface area contributed by atoms with Crippen LogP contribution in [0.4, 0.5) is 0 Å². The summed E-state index contributed by atoms with van der Waals surface area (Å²) in [5.74, 6) is 0.817. The Morgan fingerprint density at radius 1 is 0.894 bits per heavy atom. The molecule has 10 atom stereocenters. The highest BCUT2D eigenvalue weighted by molar-refractivity contribution is 5.66. The van der Waals surface area contributed by atoms with E-state index in [1.54, 1.807) is 6.92 Å². The number of piperazine rings is 2. The SMILES string of the molecule is C=CCN1CCN([C@@H]2C[C@H]3[C@@H]4C[C@H](N5CC[N+](C)(CC=C)CC5)[C@H](OC(C)=O)[C@@]4(C)CC[C@@H]3[C@@]3(C)CC[C@H](OC(C)=O)C[C@]23O)CC1. The zero-order valence-electron chi connectivity index (χ0n) is 30.0. The highest BCUT2D eigenvalue weighted by Gasteiger charge is 2.70. The van der Waals surface area contributed by atoms with E-state index in [0.717, 1.165) is 108 Å². The van der Waals surface area contributed by atoms with E-state index in [4.69, 9.17) is 9.47 Å². The molecule has 0 radical (unpaired) electrons. The molecule has 1 N–H and O–H groups in total. The molecular formula is C38H63N4O5+. The summed E-state index contributed by atoms with van der Waals surface area (Å²) in [7, 11) is 2.33. The molecule has 0 aromatic heterocycles. The number of likely N-dealkylation sites (N-methyl/N-ethyl adjacent to an activating group) is 1. The third-order valence-corrected chi connectivity index (χ3v) is 14.5.